The Bertz CT molecular complexity index is 1100. The molecule has 5 heteroatoms. The van der Waals surface area contributed by atoms with E-state index in [0.717, 1.165) is 23.5 Å². The van der Waals surface area contributed by atoms with Crippen LogP contribution < -0.4 is 0 Å². The molecule has 0 aliphatic heterocycles. The van der Waals surface area contributed by atoms with E-state index < -0.39 is 11.0 Å². The maximum absolute atomic E-state index is 13.4. The van der Waals surface area contributed by atoms with Crippen molar-refractivity contribution in [2.75, 3.05) is 0 Å². The van der Waals surface area contributed by atoms with Crippen molar-refractivity contribution in [1.82, 2.24) is 9.55 Å². The quantitative estimate of drug-likeness (QED) is 0.613. The average molecular weight is 416 g/mol. The summed E-state index contributed by atoms with van der Waals surface area (Å²) in [5.74, 6) is 1.28. The maximum Gasteiger partial charge on any atom is 0.140 e. The van der Waals surface area contributed by atoms with Gasteiger partial charge in [-0.15, -0.1) is 0 Å². The first-order valence-electron chi connectivity index (χ1n) is 11.0. The molecule has 31 heavy (non-hydrogen) atoms. The molecule has 158 valence electrons. The summed E-state index contributed by atoms with van der Waals surface area (Å²) in [5, 5.41) is 21.5. The Morgan fingerprint density at radius 3 is 2.32 bits per heavy atom. The van der Waals surface area contributed by atoms with Crippen LogP contribution in [-0.4, -0.2) is 14.7 Å². The molecule has 0 saturated heterocycles. The SMILES string of the molecule is N#CC1(c2ccc(F)cc2)CCC(O)(c2cn(CC3CC3)c(-c3ccccc3)n2)CC1. The summed E-state index contributed by atoms with van der Waals surface area (Å²) in [6, 6.07) is 18.8. The van der Waals surface area contributed by atoms with E-state index in [9.17, 15) is 14.8 Å². The summed E-state index contributed by atoms with van der Waals surface area (Å²) < 4.78 is 15.6. The van der Waals surface area contributed by atoms with Gasteiger partial charge in [0, 0.05) is 18.3 Å². The fourth-order valence-corrected chi connectivity index (χ4v) is 4.76. The van der Waals surface area contributed by atoms with Crippen LogP contribution in [-0.2, 0) is 17.6 Å². The minimum atomic E-state index is -1.06. The van der Waals surface area contributed by atoms with Gasteiger partial charge in [-0.2, -0.15) is 5.26 Å². The Balaban J connectivity index is 1.43. The van der Waals surface area contributed by atoms with E-state index in [-0.39, 0.29) is 5.82 Å². The predicted octanol–water partition coefficient (Wildman–Crippen LogP) is 5.32. The van der Waals surface area contributed by atoms with Gasteiger partial charge in [-0.1, -0.05) is 42.5 Å². The molecule has 2 fully saturated rings. The highest BCUT2D eigenvalue weighted by atomic mass is 19.1. The first-order chi connectivity index (χ1) is 15.0. The van der Waals surface area contributed by atoms with E-state index in [1.54, 1.807) is 12.1 Å². The standard InChI is InChI=1S/C26H26FN3O/c27-22-10-8-21(9-11-22)25(18-28)12-14-26(31,15-13-25)23-17-30(16-19-6-7-19)24(29-23)20-4-2-1-3-5-20/h1-5,8-11,17,19,31H,6-7,12-16H2. The van der Waals surface area contributed by atoms with Crippen LogP contribution >= 0.6 is 0 Å². The van der Waals surface area contributed by atoms with Crippen molar-refractivity contribution in [3.8, 4) is 17.5 Å². The second kappa shape index (κ2) is 7.62. The lowest BCUT2D eigenvalue weighted by atomic mass is 9.65. The second-order valence-corrected chi connectivity index (χ2v) is 9.14. The van der Waals surface area contributed by atoms with Gasteiger partial charge in [-0.3, -0.25) is 0 Å². The zero-order valence-corrected chi connectivity index (χ0v) is 17.5. The van der Waals surface area contributed by atoms with Gasteiger partial charge >= 0.3 is 0 Å². The topological polar surface area (TPSA) is 61.8 Å². The summed E-state index contributed by atoms with van der Waals surface area (Å²) >= 11 is 0. The summed E-state index contributed by atoms with van der Waals surface area (Å²) in [6.07, 6.45) is 6.43. The highest BCUT2D eigenvalue weighted by Crippen LogP contribution is 2.47. The van der Waals surface area contributed by atoms with Crippen LogP contribution in [0.3, 0.4) is 0 Å². The van der Waals surface area contributed by atoms with Crippen molar-refractivity contribution < 1.29 is 9.50 Å². The number of rotatable bonds is 5. The molecule has 2 aromatic carbocycles. The van der Waals surface area contributed by atoms with Crippen LogP contribution in [0.2, 0.25) is 0 Å². The number of nitriles is 1. The monoisotopic (exact) mass is 415 g/mol. The zero-order valence-electron chi connectivity index (χ0n) is 17.5. The van der Waals surface area contributed by atoms with E-state index in [4.69, 9.17) is 4.98 Å². The molecule has 0 radical (unpaired) electrons. The Hall–Kier alpha value is -2.97. The zero-order chi connectivity index (χ0) is 21.5. The van der Waals surface area contributed by atoms with Gasteiger partial charge in [0.25, 0.3) is 0 Å². The summed E-state index contributed by atoms with van der Waals surface area (Å²) in [6.45, 7) is 0.922. The second-order valence-electron chi connectivity index (χ2n) is 9.14. The van der Waals surface area contributed by atoms with Gasteiger partial charge in [0.1, 0.15) is 17.2 Å². The first kappa shape index (κ1) is 20.0. The van der Waals surface area contributed by atoms with Gasteiger partial charge in [0.2, 0.25) is 0 Å². The molecule has 1 aromatic heterocycles. The molecule has 0 unspecified atom stereocenters. The number of benzene rings is 2. The Kier molecular flexibility index (Phi) is 4.91. The molecule has 1 heterocycles. The lowest BCUT2D eigenvalue weighted by Gasteiger charge is -2.39. The third-order valence-corrected chi connectivity index (χ3v) is 6.98. The Morgan fingerprint density at radius 1 is 1.03 bits per heavy atom. The molecule has 3 aromatic rings. The Morgan fingerprint density at radius 2 is 1.71 bits per heavy atom. The molecule has 0 spiro atoms. The number of imidazole rings is 1. The van der Waals surface area contributed by atoms with Gasteiger partial charge in [0.15, 0.2) is 0 Å². The summed E-state index contributed by atoms with van der Waals surface area (Å²) in [5.41, 5.74) is 0.809. The summed E-state index contributed by atoms with van der Waals surface area (Å²) in [7, 11) is 0. The number of halogens is 1. The molecule has 2 aliphatic carbocycles. The van der Waals surface area contributed by atoms with E-state index in [1.807, 2.05) is 24.4 Å². The predicted molar refractivity (Wildman–Crippen MR) is 116 cm³/mol. The van der Waals surface area contributed by atoms with Gasteiger partial charge in [-0.05, 0) is 62.1 Å². The van der Waals surface area contributed by atoms with Crippen molar-refractivity contribution in [3.05, 3.63) is 77.9 Å². The van der Waals surface area contributed by atoms with Gasteiger partial charge in [-0.25, -0.2) is 9.37 Å². The molecule has 2 aliphatic rings. The first-order valence-corrected chi connectivity index (χ1v) is 11.0. The minimum absolute atomic E-state index is 0.307. The van der Waals surface area contributed by atoms with Crippen LogP contribution in [0.15, 0.2) is 60.8 Å². The van der Waals surface area contributed by atoms with Crippen LogP contribution in [0.1, 0.15) is 49.8 Å². The molecule has 5 rings (SSSR count). The normalized spacial score (nSPS) is 25.8. The number of nitrogens with zero attached hydrogens (tertiary/aromatic N) is 3. The highest BCUT2D eigenvalue weighted by molar-refractivity contribution is 5.56. The molecule has 0 amide bonds. The molecule has 1 N–H and O–H groups in total. The minimum Gasteiger partial charge on any atom is -0.383 e. The van der Waals surface area contributed by atoms with Crippen LogP contribution in [0.25, 0.3) is 11.4 Å². The van der Waals surface area contributed by atoms with Crippen LogP contribution in [0.4, 0.5) is 4.39 Å². The number of aliphatic hydroxyl groups is 1. The number of hydrogen-bond acceptors (Lipinski definition) is 3. The summed E-state index contributed by atoms with van der Waals surface area (Å²) in [4.78, 5) is 4.90. The van der Waals surface area contributed by atoms with Crippen LogP contribution in [0.5, 0.6) is 0 Å². The molecule has 4 nitrogen and oxygen atoms in total. The number of aromatic nitrogens is 2. The van der Waals surface area contributed by atoms with E-state index in [1.165, 1.54) is 25.0 Å². The van der Waals surface area contributed by atoms with Crippen molar-refractivity contribution in [1.29, 1.82) is 5.26 Å². The van der Waals surface area contributed by atoms with E-state index in [0.29, 0.717) is 37.3 Å². The lowest BCUT2D eigenvalue weighted by molar-refractivity contribution is -0.0172. The Labute approximate surface area is 182 Å². The molecule has 2 saturated carbocycles. The maximum atomic E-state index is 13.4. The third-order valence-electron chi connectivity index (χ3n) is 6.98. The largest absolute Gasteiger partial charge is 0.383 e. The third kappa shape index (κ3) is 3.77. The van der Waals surface area contributed by atoms with E-state index in [2.05, 4.69) is 22.8 Å². The highest BCUT2D eigenvalue weighted by Gasteiger charge is 2.45. The molecular formula is C26H26FN3O. The fourth-order valence-electron chi connectivity index (χ4n) is 4.76. The molecular weight excluding hydrogens is 389 g/mol. The van der Waals surface area contributed by atoms with Gasteiger partial charge < -0.3 is 9.67 Å². The van der Waals surface area contributed by atoms with Crippen molar-refractivity contribution in [3.63, 3.8) is 0 Å². The van der Waals surface area contributed by atoms with Crippen molar-refractivity contribution >= 4 is 0 Å². The number of hydrogen-bond donors (Lipinski definition) is 1. The van der Waals surface area contributed by atoms with Crippen LogP contribution in [0, 0.1) is 23.1 Å². The average Bonchev–Trinajstić information content (AvgIpc) is 3.52. The lowest BCUT2D eigenvalue weighted by Crippen LogP contribution is -2.39. The molecule has 0 bridgehead atoms. The van der Waals surface area contributed by atoms with Gasteiger partial charge in [0.05, 0.1) is 17.2 Å². The molecule has 0 atom stereocenters. The van der Waals surface area contributed by atoms with Crippen molar-refractivity contribution in [2.24, 2.45) is 5.92 Å². The van der Waals surface area contributed by atoms with Crippen molar-refractivity contribution in [2.45, 2.75) is 56.1 Å². The smallest absolute Gasteiger partial charge is 0.140 e. The fraction of sp³-hybridized carbons (Fsp3) is 0.385. The van der Waals surface area contributed by atoms with E-state index >= 15 is 0 Å².